The fourth-order valence-corrected chi connectivity index (χ4v) is 2.59. The molecule has 4 nitrogen and oxygen atoms in total. The summed E-state index contributed by atoms with van der Waals surface area (Å²) in [4.78, 5) is 11.5. The molecule has 1 aromatic rings. The van der Waals surface area contributed by atoms with E-state index in [9.17, 15) is 9.90 Å². The molecule has 0 spiro atoms. The summed E-state index contributed by atoms with van der Waals surface area (Å²) in [6.07, 6.45) is 2.41. The van der Waals surface area contributed by atoms with Crippen molar-refractivity contribution in [3.05, 3.63) is 29.8 Å². The number of benzene rings is 1. The Balaban J connectivity index is 2.08. The fourth-order valence-electron chi connectivity index (χ4n) is 2.59. The molecule has 1 heterocycles. The number of methoxy groups -OCH3 is 1. The summed E-state index contributed by atoms with van der Waals surface area (Å²) in [5.74, 6) is -0.246. The number of rotatable bonds is 5. The third-order valence-corrected chi connectivity index (χ3v) is 3.67. The van der Waals surface area contributed by atoms with Crippen LogP contribution >= 0.6 is 0 Å². The number of hydrogen-bond donors (Lipinski definition) is 1. The van der Waals surface area contributed by atoms with Crippen molar-refractivity contribution >= 4 is 5.97 Å². The summed E-state index contributed by atoms with van der Waals surface area (Å²) in [6.45, 7) is 1.31. The van der Waals surface area contributed by atoms with Gasteiger partial charge in [0.2, 0.25) is 0 Å². The van der Waals surface area contributed by atoms with E-state index in [-0.39, 0.29) is 11.8 Å². The van der Waals surface area contributed by atoms with Gasteiger partial charge in [0.1, 0.15) is 5.75 Å². The molecule has 1 fully saturated rings. The molecule has 2 rings (SSSR count). The van der Waals surface area contributed by atoms with Gasteiger partial charge in [-0.2, -0.15) is 0 Å². The van der Waals surface area contributed by atoms with Crippen molar-refractivity contribution in [3.8, 4) is 5.75 Å². The highest BCUT2D eigenvalue weighted by atomic mass is 16.5. The van der Waals surface area contributed by atoms with Crippen molar-refractivity contribution in [1.82, 2.24) is 0 Å². The summed E-state index contributed by atoms with van der Waals surface area (Å²) in [5.41, 5.74) is 0.998. The minimum absolute atomic E-state index is 0.109. The van der Waals surface area contributed by atoms with Crippen molar-refractivity contribution in [3.63, 3.8) is 0 Å². The zero-order valence-electron chi connectivity index (χ0n) is 11.2. The average molecular weight is 264 g/mol. The predicted octanol–water partition coefficient (Wildman–Crippen LogP) is 2.37. The second kappa shape index (κ2) is 6.57. The van der Waals surface area contributed by atoms with Crippen molar-refractivity contribution in [2.45, 2.75) is 19.3 Å². The third-order valence-electron chi connectivity index (χ3n) is 3.67. The molecule has 0 saturated carbocycles. The van der Waals surface area contributed by atoms with Gasteiger partial charge in [-0.3, -0.25) is 4.79 Å². The van der Waals surface area contributed by atoms with Crippen LogP contribution in [-0.4, -0.2) is 31.4 Å². The predicted molar refractivity (Wildman–Crippen MR) is 71.4 cm³/mol. The lowest BCUT2D eigenvalue weighted by Crippen LogP contribution is -2.32. The highest BCUT2D eigenvalue weighted by molar-refractivity contribution is 5.71. The van der Waals surface area contributed by atoms with Crippen LogP contribution < -0.4 is 4.74 Å². The summed E-state index contributed by atoms with van der Waals surface area (Å²) >= 11 is 0. The van der Waals surface area contributed by atoms with Crippen LogP contribution in [0.2, 0.25) is 0 Å². The second-order valence-corrected chi connectivity index (χ2v) is 4.98. The fraction of sp³-hybridized carbons (Fsp3) is 0.533. The minimum atomic E-state index is -0.738. The molecule has 1 aliphatic rings. The van der Waals surface area contributed by atoms with Gasteiger partial charge in [-0.1, -0.05) is 12.1 Å². The van der Waals surface area contributed by atoms with Crippen LogP contribution in [0.15, 0.2) is 24.3 Å². The first-order chi connectivity index (χ1) is 9.20. The first-order valence-electron chi connectivity index (χ1n) is 6.64. The molecule has 1 N–H and O–H groups in total. The standard InChI is InChI=1S/C15H20O4/c1-18-13-6-2-4-11(8-13)9-14(15(16)17)12-5-3-7-19-10-12/h2,4,6,8,12,14H,3,5,7,9-10H2,1H3,(H,16,17). The lowest BCUT2D eigenvalue weighted by atomic mass is 9.83. The van der Waals surface area contributed by atoms with Crippen LogP contribution in [-0.2, 0) is 16.0 Å². The Morgan fingerprint density at radius 1 is 1.58 bits per heavy atom. The normalized spacial score (nSPS) is 20.8. The number of hydrogen-bond acceptors (Lipinski definition) is 3. The van der Waals surface area contributed by atoms with E-state index in [1.807, 2.05) is 24.3 Å². The van der Waals surface area contributed by atoms with Gasteiger partial charge in [-0.05, 0) is 42.9 Å². The zero-order chi connectivity index (χ0) is 13.7. The minimum Gasteiger partial charge on any atom is -0.497 e. The maximum atomic E-state index is 11.5. The maximum Gasteiger partial charge on any atom is 0.307 e. The van der Waals surface area contributed by atoms with Crippen LogP contribution in [0.5, 0.6) is 5.75 Å². The molecule has 0 amide bonds. The highest BCUT2D eigenvalue weighted by Gasteiger charge is 2.30. The number of carboxylic acid groups (broad SMARTS) is 1. The van der Waals surface area contributed by atoms with Gasteiger partial charge in [-0.25, -0.2) is 0 Å². The zero-order valence-corrected chi connectivity index (χ0v) is 11.2. The molecular formula is C15H20O4. The summed E-state index contributed by atoms with van der Waals surface area (Å²) in [5, 5.41) is 9.43. The molecule has 19 heavy (non-hydrogen) atoms. The van der Waals surface area contributed by atoms with Crippen LogP contribution in [0.3, 0.4) is 0 Å². The molecule has 0 aliphatic carbocycles. The van der Waals surface area contributed by atoms with Crippen LogP contribution in [0, 0.1) is 11.8 Å². The largest absolute Gasteiger partial charge is 0.497 e. The maximum absolute atomic E-state index is 11.5. The van der Waals surface area contributed by atoms with Crippen LogP contribution in [0.4, 0.5) is 0 Å². The van der Waals surface area contributed by atoms with Gasteiger partial charge < -0.3 is 14.6 Å². The van der Waals surface area contributed by atoms with Crippen molar-refractivity contribution in [2.24, 2.45) is 11.8 Å². The average Bonchev–Trinajstić information content (AvgIpc) is 2.45. The molecule has 1 aromatic carbocycles. The van der Waals surface area contributed by atoms with Crippen molar-refractivity contribution < 1.29 is 19.4 Å². The topological polar surface area (TPSA) is 55.8 Å². The van der Waals surface area contributed by atoms with Crippen LogP contribution in [0.25, 0.3) is 0 Å². The first kappa shape index (κ1) is 13.9. The number of carboxylic acids is 1. The van der Waals surface area contributed by atoms with E-state index in [1.54, 1.807) is 7.11 Å². The first-order valence-corrected chi connectivity index (χ1v) is 6.64. The molecule has 1 aliphatic heterocycles. The molecule has 2 atom stereocenters. The SMILES string of the molecule is COc1cccc(CC(C(=O)O)C2CCCOC2)c1. The summed E-state index contributed by atoms with van der Waals surface area (Å²) in [6, 6.07) is 7.61. The third kappa shape index (κ3) is 3.70. The molecule has 104 valence electrons. The number of carbonyl (C=O) groups is 1. The van der Waals surface area contributed by atoms with E-state index < -0.39 is 5.97 Å². The smallest absolute Gasteiger partial charge is 0.307 e. The van der Waals surface area contributed by atoms with Crippen molar-refractivity contribution in [1.29, 1.82) is 0 Å². The van der Waals surface area contributed by atoms with Gasteiger partial charge in [0, 0.05) is 6.61 Å². The second-order valence-electron chi connectivity index (χ2n) is 4.98. The van der Waals surface area contributed by atoms with Crippen molar-refractivity contribution in [2.75, 3.05) is 20.3 Å². The van der Waals surface area contributed by atoms with Gasteiger partial charge in [0.25, 0.3) is 0 Å². The van der Waals surface area contributed by atoms with E-state index in [2.05, 4.69) is 0 Å². The van der Waals surface area contributed by atoms with Gasteiger partial charge in [0.05, 0.1) is 19.6 Å². The highest BCUT2D eigenvalue weighted by Crippen LogP contribution is 2.27. The van der Waals surface area contributed by atoms with Gasteiger partial charge in [-0.15, -0.1) is 0 Å². The number of ether oxygens (including phenoxy) is 2. The molecule has 0 aromatic heterocycles. The van der Waals surface area contributed by atoms with E-state index in [0.717, 1.165) is 30.8 Å². The lowest BCUT2D eigenvalue weighted by Gasteiger charge is -2.27. The van der Waals surface area contributed by atoms with E-state index >= 15 is 0 Å². The quantitative estimate of drug-likeness (QED) is 0.887. The molecule has 0 bridgehead atoms. The lowest BCUT2D eigenvalue weighted by molar-refractivity contribution is -0.145. The summed E-state index contributed by atoms with van der Waals surface area (Å²) < 4.78 is 10.6. The van der Waals surface area contributed by atoms with E-state index in [1.165, 1.54) is 0 Å². The Bertz CT molecular complexity index is 424. The molecule has 2 unspecified atom stereocenters. The molecular weight excluding hydrogens is 244 g/mol. The Hall–Kier alpha value is -1.55. The molecule has 1 saturated heterocycles. The van der Waals surface area contributed by atoms with Gasteiger partial charge in [0.15, 0.2) is 0 Å². The van der Waals surface area contributed by atoms with E-state index in [0.29, 0.717) is 13.0 Å². The Morgan fingerprint density at radius 3 is 3.05 bits per heavy atom. The van der Waals surface area contributed by atoms with E-state index in [4.69, 9.17) is 9.47 Å². The molecule has 0 radical (unpaired) electrons. The monoisotopic (exact) mass is 264 g/mol. The Labute approximate surface area is 113 Å². The van der Waals surface area contributed by atoms with Crippen LogP contribution in [0.1, 0.15) is 18.4 Å². The summed E-state index contributed by atoms with van der Waals surface area (Å²) in [7, 11) is 1.61. The van der Waals surface area contributed by atoms with Gasteiger partial charge >= 0.3 is 5.97 Å². The molecule has 4 heteroatoms. The number of aliphatic carboxylic acids is 1. The Kier molecular flexibility index (Phi) is 4.80. The Morgan fingerprint density at radius 2 is 2.42 bits per heavy atom.